The topological polar surface area (TPSA) is 38.5 Å². The van der Waals surface area contributed by atoms with Crippen LogP contribution in [-0.4, -0.2) is 37.2 Å². The molecule has 1 saturated heterocycles. The average Bonchev–Trinajstić information content (AvgIpc) is 2.35. The Morgan fingerprint density at radius 2 is 2.33 bits per heavy atom. The third-order valence-corrected chi connectivity index (χ3v) is 3.90. The molecule has 1 aromatic rings. The Hall–Kier alpha value is -0.330. The normalized spacial score (nSPS) is 20.9. The van der Waals surface area contributed by atoms with E-state index in [1.165, 1.54) is 23.0 Å². The number of rotatable bonds is 5. The van der Waals surface area contributed by atoms with Crippen molar-refractivity contribution in [1.29, 1.82) is 0 Å². The van der Waals surface area contributed by atoms with Gasteiger partial charge in [-0.2, -0.15) is 0 Å². The standard InChI is InChI=1S/C14H21IN2O/c15-12-4-1-6-14(10-12)18-9-3-8-17-7-2-5-13(16)11-17/h1,4,6,10,13H,2-3,5,7-9,11,16H2/t13-/m1/s1. The fourth-order valence-corrected chi connectivity index (χ4v) is 2.84. The first kappa shape index (κ1) is 14.1. The minimum absolute atomic E-state index is 0.371. The number of hydrogen-bond acceptors (Lipinski definition) is 3. The highest BCUT2D eigenvalue weighted by molar-refractivity contribution is 14.1. The molecule has 1 atom stereocenters. The minimum Gasteiger partial charge on any atom is -0.494 e. The highest BCUT2D eigenvalue weighted by Crippen LogP contribution is 2.15. The molecule has 0 saturated carbocycles. The zero-order valence-corrected chi connectivity index (χ0v) is 12.8. The first-order chi connectivity index (χ1) is 8.74. The van der Waals surface area contributed by atoms with Crippen molar-refractivity contribution in [1.82, 2.24) is 4.90 Å². The van der Waals surface area contributed by atoms with Crippen LogP contribution in [-0.2, 0) is 0 Å². The molecule has 1 heterocycles. The molecule has 0 spiro atoms. The van der Waals surface area contributed by atoms with Gasteiger partial charge in [0.2, 0.25) is 0 Å². The molecule has 0 radical (unpaired) electrons. The van der Waals surface area contributed by atoms with Gasteiger partial charge in [0.1, 0.15) is 5.75 Å². The molecule has 100 valence electrons. The molecule has 2 rings (SSSR count). The molecule has 0 unspecified atom stereocenters. The van der Waals surface area contributed by atoms with Crippen molar-refractivity contribution in [3.63, 3.8) is 0 Å². The largest absolute Gasteiger partial charge is 0.494 e. The molecule has 18 heavy (non-hydrogen) atoms. The van der Waals surface area contributed by atoms with Crippen LogP contribution in [0.5, 0.6) is 5.75 Å². The van der Waals surface area contributed by atoms with E-state index in [0.717, 1.165) is 31.9 Å². The Balaban J connectivity index is 1.64. The smallest absolute Gasteiger partial charge is 0.120 e. The van der Waals surface area contributed by atoms with Gasteiger partial charge in [0.25, 0.3) is 0 Å². The number of halogens is 1. The SMILES string of the molecule is N[C@@H]1CCCN(CCCOc2cccc(I)c2)C1. The molecule has 1 aliphatic rings. The van der Waals surface area contributed by atoms with Gasteiger partial charge in [0.15, 0.2) is 0 Å². The van der Waals surface area contributed by atoms with Crippen LogP contribution in [0.15, 0.2) is 24.3 Å². The van der Waals surface area contributed by atoms with Crippen molar-refractivity contribution in [2.75, 3.05) is 26.2 Å². The van der Waals surface area contributed by atoms with E-state index in [1.54, 1.807) is 0 Å². The quantitative estimate of drug-likeness (QED) is 0.648. The number of hydrogen-bond donors (Lipinski definition) is 1. The summed E-state index contributed by atoms with van der Waals surface area (Å²) >= 11 is 2.30. The number of nitrogens with two attached hydrogens (primary N) is 1. The van der Waals surface area contributed by atoms with E-state index in [4.69, 9.17) is 10.5 Å². The lowest BCUT2D eigenvalue weighted by Gasteiger charge is -2.30. The number of piperidine rings is 1. The van der Waals surface area contributed by atoms with Gasteiger partial charge in [-0.3, -0.25) is 0 Å². The Morgan fingerprint density at radius 1 is 1.44 bits per heavy atom. The molecule has 2 N–H and O–H groups in total. The minimum atomic E-state index is 0.371. The fourth-order valence-electron chi connectivity index (χ4n) is 2.33. The Kier molecular flexibility index (Phi) is 5.72. The Bertz CT molecular complexity index is 373. The third-order valence-electron chi connectivity index (χ3n) is 3.23. The van der Waals surface area contributed by atoms with Crippen LogP contribution in [0.4, 0.5) is 0 Å². The van der Waals surface area contributed by atoms with Crippen molar-refractivity contribution >= 4 is 22.6 Å². The maximum absolute atomic E-state index is 5.96. The van der Waals surface area contributed by atoms with E-state index in [2.05, 4.69) is 39.6 Å². The molecule has 1 fully saturated rings. The molecular weight excluding hydrogens is 339 g/mol. The fraction of sp³-hybridized carbons (Fsp3) is 0.571. The summed E-state index contributed by atoms with van der Waals surface area (Å²) in [7, 11) is 0. The van der Waals surface area contributed by atoms with Crippen LogP contribution in [0, 0.1) is 3.57 Å². The lowest BCUT2D eigenvalue weighted by Crippen LogP contribution is -2.43. The molecule has 3 nitrogen and oxygen atoms in total. The summed E-state index contributed by atoms with van der Waals surface area (Å²) in [6, 6.07) is 8.55. The summed E-state index contributed by atoms with van der Waals surface area (Å²) in [6.07, 6.45) is 3.48. The zero-order chi connectivity index (χ0) is 12.8. The lowest BCUT2D eigenvalue weighted by atomic mass is 10.1. The summed E-state index contributed by atoms with van der Waals surface area (Å²) in [5.74, 6) is 0.970. The van der Waals surface area contributed by atoms with Crippen LogP contribution in [0.25, 0.3) is 0 Å². The van der Waals surface area contributed by atoms with Gasteiger partial charge in [-0.05, 0) is 66.6 Å². The summed E-state index contributed by atoms with van der Waals surface area (Å²) in [5.41, 5.74) is 5.96. The predicted octanol–water partition coefficient (Wildman–Crippen LogP) is 2.48. The van der Waals surface area contributed by atoms with E-state index >= 15 is 0 Å². The second-order valence-corrected chi connectivity index (χ2v) is 6.11. The van der Waals surface area contributed by atoms with Crippen molar-refractivity contribution in [2.45, 2.75) is 25.3 Å². The van der Waals surface area contributed by atoms with Gasteiger partial charge >= 0.3 is 0 Å². The monoisotopic (exact) mass is 360 g/mol. The average molecular weight is 360 g/mol. The van der Waals surface area contributed by atoms with Crippen LogP contribution in [0.1, 0.15) is 19.3 Å². The number of benzene rings is 1. The van der Waals surface area contributed by atoms with Gasteiger partial charge < -0.3 is 15.4 Å². The van der Waals surface area contributed by atoms with E-state index in [0.29, 0.717) is 6.04 Å². The molecule has 1 aliphatic heterocycles. The zero-order valence-electron chi connectivity index (χ0n) is 10.6. The van der Waals surface area contributed by atoms with E-state index in [-0.39, 0.29) is 0 Å². The van der Waals surface area contributed by atoms with Crippen molar-refractivity contribution < 1.29 is 4.74 Å². The highest BCUT2D eigenvalue weighted by Gasteiger charge is 2.15. The van der Waals surface area contributed by atoms with Gasteiger partial charge in [-0.15, -0.1) is 0 Å². The predicted molar refractivity (Wildman–Crippen MR) is 82.9 cm³/mol. The maximum atomic E-state index is 5.96. The van der Waals surface area contributed by atoms with Crippen LogP contribution < -0.4 is 10.5 Å². The number of nitrogens with zero attached hydrogens (tertiary/aromatic N) is 1. The summed E-state index contributed by atoms with van der Waals surface area (Å²) < 4.78 is 6.96. The first-order valence-corrected chi connectivity index (χ1v) is 7.68. The second-order valence-electron chi connectivity index (χ2n) is 4.86. The van der Waals surface area contributed by atoms with Gasteiger partial charge in [-0.1, -0.05) is 6.07 Å². The molecule has 0 aliphatic carbocycles. The van der Waals surface area contributed by atoms with E-state index < -0.39 is 0 Å². The second kappa shape index (κ2) is 7.31. The van der Waals surface area contributed by atoms with Gasteiger partial charge in [-0.25, -0.2) is 0 Å². The molecular formula is C14H21IN2O. The lowest BCUT2D eigenvalue weighted by molar-refractivity contribution is 0.190. The Labute approximate surface area is 123 Å². The molecule has 4 heteroatoms. The third kappa shape index (κ3) is 4.74. The molecule has 0 bridgehead atoms. The highest BCUT2D eigenvalue weighted by atomic mass is 127. The molecule has 0 aromatic heterocycles. The molecule has 1 aromatic carbocycles. The van der Waals surface area contributed by atoms with Crippen molar-refractivity contribution in [2.24, 2.45) is 5.73 Å². The van der Waals surface area contributed by atoms with Gasteiger partial charge in [0.05, 0.1) is 6.61 Å². The summed E-state index contributed by atoms with van der Waals surface area (Å²) in [5, 5.41) is 0. The van der Waals surface area contributed by atoms with Gasteiger partial charge in [0, 0.05) is 22.7 Å². The van der Waals surface area contributed by atoms with Crippen molar-refractivity contribution in [3.05, 3.63) is 27.8 Å². The number of ether oxygens (including phenoxy) is 1. The van der Waals surface area contributed by atoms with Crippen molar-refractivity contribution in [3.8, 4) is 5.75 Å². The van der Waals surface area contributed by atoms with Crippen LogP contribution in [0.2, 0.25) is 0 Å². The van der Waals surface area contributed by atoms with Crippen LogP contribution >= 0.6 is 22.6 Å². The summed E-state index contributed by atoms with van der Waals surface area (Å²) in [6.45, 7) is 4.11. The number of likely N-dealkylation sites (tertiary alicyclic amines) is 1. The van der Waals surface area contributed by atoms with Crippen LogP contribution in [0.3, 0.4) is 0 Å². The van der Waals surface area contributed by atoms with E-state index in [1.807, 2.05) is 12.1 Å². The van der Waals surface area contributed by atoms with E-state index in [9.17, 15) is 0 Å². The molecule has 0 amide bonds. The Morgan fingerprint density at radius 3 is 3.11 bits per heavy atom. The maximum Gasteiger partial charge on any atom is 0.120 e. The summed E-state index contributed by atoms with van der Waals surface area (Å²) in [4.78, 5) is 2.45. The first-order valence-electron chi connectivity index (χ1n) is 6.60.